The van der Waals surface area contributed by atoms with Crippen LogP contribution in [0.4, 0.5) is 26.0 Å². The Balaban J connectivity index is 1.62. The van der Waals surface area contributed by atoms with Crippen LogP contribution in [0.25, 0.3) is 22.1 Å². The van der Waals surface area contributed by atoms with Crippen molar-refractivity contribution in [1.29, 1.82) is 0 Å². The molecule has 0 spiro atoms. The van der Waals surface area contributed by atoms with Gasteiger partial charge < -0.3 is 26.0 Å². The molecule has 154 valence electrons. The lowest BCUT2D eigenvalue weighted by atomic mass is 10.0. The number of anilines is 3. The van der Waals surface area contributed by atoms with Crippen LogP contribution in [0.5, 0.6) is 0 Å². The second kappa shape index (κ2) is 6.76. The lowest BCUT2D eigenvalue weighted by molar-refractivity contribution is 0.103. The van der Waals surface area contributed by atoms with Crippen molar-refractivity contribution < 1.29 is 13.6 Å². The largest absolute Gasteiger partial charge is 0.396 e. The van der Waals surface area contributed by atoms with E-state index in [1.807, 2.05) is 0 Å². The van der Waals surface area contributed by atoms with Gasteiger partial charge in [0.2, 0.25) is 5.78 Å². The fourth-order valence-corrected chi connectivity index (χ4v) is 3.40. The predicted molar refractivity (Wildman–Crippen MR) is 110 cm³/mol. The third-order valence-electron chi connectivity index (χ3n) is 4.84. The van der Waals surface area contributed by atoms with Crippen LogP contribution in [-0.2, 0) is 0 Å². The molecule has 0 saturated heterocycles. The summed E-state index contributed by atoms with van der Waals surface area (Å²) in [6.07, 6.45) is 2.58. The van der Waals surface area contributed by atoms with Crippen LogP contribution in [0.3, 0.4) is 0 Å². The summed E-state index contributed by atoms with van der Waals surface area (Å²) in [7, 11) is 0. The second-order valence-electron chi connectivity index (χ2n) is 6.77. The molecule has 5 rings (SSSR count). The van der Waals surface area contributed by atoms with E-state index in [-0.39, 0.29) is 28.1 Å². The SMILES string of the molecule is Nc1ccc(F)c(C(=O)c2c[nH]c3ncnc(Nc4ccc5[nH]c(=O)[nH]c5c4)c23)c1F. The van der Waals surface area contributed by atoms with E-state index in [9.17, 15) is 18.4 Å². The molecular formula is C20H13F2N7O2. The van der Waals surface area contributed by atoms with Crippen molar-refractivity contribution in [3.63, 3.8) is 0 Å². The Morgan fingerprint density at radius 2 is 1.87 bits per heavy atom. The molecule has 5 aromatic rings. The van der Waals surface area contributed by atoms with Gasteiger partial charge in [-0.05, 0) is 30.3 Å². The average molecular weight is 421 g/mol. The number of carbonyl (C=O) groups excluding carboxylic acids is 1. The van der Waals surface area contributed by atoms with Gasteiger partial charge in [0, 0.05) is 11.9 Å². The van der Waals surface area contributed by atoms with Crippen molar-refractivity contribution in [2.24, 2.45) is 0 Å². The first-order chi connectivity index (χ1) is 14.9. The summed E-state index contributed by atoms with van der Waals surface area (Å²) in [5, 5.41) is 3.30. The number of halogens is 2. The second-order valence-corrected chi connectivity index (χ2v) is 6.77. The van der Waals surface area contributed by atoms with Crippen LogP contribution in [0.15, 0.2) is 47.7 Å². The maximum atomic E-state index is 14.4. The minimum atomic E-state index is -1.13. The molecule has 0 saturated carbocycles. The van der Waals surface area contributed by atoms with E-state index >= 15 is 0 Å². The first kappa shape index (κ1) is 18.5. The molecule has 31 heavy (non-hydrogen) atoms. The van der Waals surface area contributed by atoms with Crippen LogP contribution in [0.2, 0.25) is 0 Å². The van der Waals surface area contributed by atoms with Gasteiger partial charge in [0.25, 0.3) is 0 Å². The molecule has 6 N–H and O–H groups in total. The molecule has 0 amide bonds. The Bertz CT molecular complexity index is 1550. The highest BCUT2D eigenvalue weighted by molar-refractivity contribution is 6.18. The number of benzene rings is 2. The highest BCUT2D eigenvalue weighted by Gasteiger charge is 2.25. The number of hydrogen-bond donors (Lipinski definition) is 5. The zero-order valence-electron chi connectivity index (χ0n) is 15.6. The van der Waals surface area contributed by atoms with E-state index in [2.05, 4.69) is 30.2 Å². The third-order valence-corrected chi connectivity index (χ3v) is 4.84. The van der Waals surface area contributed by atoms with Crippen molar-refractivity contribution in [3.8, 4) is 0 Å². The molecule has 0 atom stereocenters. The van der Waals surface area contributed by atoms with Crippen LogP contribution < -0.4 is 16.7 Å². The quantitative estimate of drug-likeness (QED) is 0.223. The molecule has 0 aliphatic rings. The summed E-state index contributed by atoms with van der Waals surface area (Å²) in [6, 6.07) is 7.05. The predicted octanol–water partition coefficient (Wildman–Crippen LogP) is 2.96. The van der Waals surface area contributed by atoms with Gasteiger partial charge in [-0.1, -0.05) is 0 Å². The molecule has 0 fully saturated rings. The molecule has 0 unspecified atom stereocenters. The molecule has 2 aromatic carbocycles. The zero-order valence-corrected chi connectivity index (χ0v) is 15.6. The number of ketones is 1. The van der Waals surface area contributed by atoms with Crippen molar-refractivity contribution in [1.82, 2.24) is 24.9 Å². The lowest BCUT2D eigenvalue weighted by Crippen LogP contribution is -2.10. The van der Waals surface area contributed by atoms with Crippen molar-refractivity contribution in [2.75, 3.05) is 11.1 Å². The van der Waals surface area contributed by atoms with E-state index < -0.39 is 23.0 Å². The first-order valence-electron chi connectivity index (χ1n) is 9.01. The van der Waals surface area contributed by atoms with Crippen molar-refractivity contribution in [2.45, 2.75) is 0 Å². The monoisotopic (exact) mass is 421 g/mol. The number of hydrogen-bond acceptors (Lipinski definition) is 6. The number of nitrogens with two attached hydrogens (primary N) is 1. The molecule has 0 aliphatic carbocycles. The Labute approximate surface area is 171 Å². The smallest absolute Gasteiger partial charge is 0.323 e. The summed E-state index contributed by atoms with van der Waals surface area (Å²) < 4.78 is 28.7. The van der Waals surface area contributed by atoms with Gasteiger partial charge in [0.05, 0.1) is 33.2 Å². The van der Waals surface area contributed by atoms with E-state index in [4.69, 9.17) is 5.73 Å². The minimum Gasteiger partial charge on any atom is -0.396 e. The fraction of sp³-hybridized carbons (Fsp3) is 0. The van der Waals surface area contributed by atoms with E-state index in [1.165, 1.54) is 12.5 Å². The molecule has 0 radical (unpaired) electrons. The number of aromatic nitrogens is 5. The number of nitrogens with one attached hydrogen (secondary N) is 4. The number of nitrogens with zero attached hydrogens (tertiary/aromatic N) is 2. The molecule has 0 bridgehead atoms. The Morgan fingerprint density at radius 1 is 1.06 bits per heavy atom. The van der Waals surface area contributed by atoms with Crippen molar-refractivity contribution >= 4 is 45.0 Å². The molecule has 9 nitrogen and oxygen atoms in total. The van der Waals surface area contributed by atoms with Gasteiger partial charge in [-0.15, -0.1) is 0 Å². The first-order valence-corrected chi connectivity index (χ1v) is 9.01. The number of nitrogen functional groups attached to an aromatic ring is 1. The maximum absolute atomic E-state index is 14.4. The van der Waals surface area contributed by atoms with Gasteiger partial charge in [0.1, 0.15) is 23.6 Å². The Hall–Kier alpha value is -4.54. The van der Waals surface area contributed by atoms with Gasteiger partial charge in [-0.3, -0.25) is 4.79 Å². The topological polar surface area (TPSA) is 145 Å². The molecule has 11 heteroatoms. The standard InChI is InChI=1S/C20H13F2N7O2/c21-10-2-3-11(23)16(22)15(10)17(30)9-6-24-18-14(9)19(26-7-25-18)27-8-1-4-12-13(5-8)29-20(31)28-12/h1-7H,23H2,(H2,28,29,31)(H2,24,25,26,27). The number of rotatable bonds is 4. The van der Waals surface area contributed by atoms with Crippen LogP contribution in [-0.4, -0.2) is 30.7 Å². The van der Waals surface area contributed by atoms with Crippen LogP contribution in [0, 0.1) is 11.6 Å². The molecule has 3 heterocycles. The highest BCUT2D eigenvalue weighted by atomic mass is 19.1. The lowest BCUT2D eigenvalue weighted by Gasteiger charge is -2.09. The fourth-order valence-electron chi connectivity index (χ4n) is 3.40. The molecular weight excluding hydrogens is 408 g/mol. The summed E-state index contributed by atoms with van der Waals surface area (Å²) in [4.78, 5) is 40.8. The summed E-state index contributed by atoms with van der Waals surface area (Å²) in [5.74, 6) is -2.83. The van der Waals surface area contributed by atoms with Gasteiger partial charge >= 0.3 is 5.69 Å². The van der Waals surface area contributed by atoms with Crippen molar-refractivity contribution in [3.05, 3.63) is 76.1 Å². The maximum Gasteiger partial charge on any atom is 0.323 e. The summed E-state index contributed by atoms with van der Waals surface area (Å²) >= 11 is 0. The normalized spacial score (nSPS) is 11.3. The number of carbonyl (C=O) groups is 1. The van der Waals surface area contributed by atoms with Gasteiger partial charge in [0.15, 0.2) is 5.82 Å². The third kappa shape index (κ3) is 2.99. The zero-order chi connectivity index (χ0) is 21.7. The van der Waals surface area contributed by atoms with E-state index in [1.54, 1.807) is 18.2 Å². The summed E-state index contributed by atoms with van der Waals surface area (Å²) in [5.41, 5.74) is 6.06. The number of aromatic amines is 3. The minimum absolute atomic E-state index is 0.0300. The summed E-state index contributed by atoms with van der Waals surface area (Å²) in [6.45, 7) is 0. The van der Waals surface area contributed by atoms with Gasteiger partial charge in [-0.2, -0.15) is 0 Å². The highest BCUT2D eigenvalue weighted by Crippen LogP contribution is 2.30. The van der Waals surface area contributed by atoms with Crippen LogP contribution in [0.1, 0.15) is 15.9 Å². The van der Waals surface area contributed by atoms with Crippen LogP contribution >= 0.6 is 0 Å². The molecule has 3 aromatic heterocycles. The number of imidazole rings is 1. The Morgan fingerprint density at radius 3 is 2.71 bits per heavy atom. The average Bonchev–Trinajstić information content (AvgIpc) is 3.34. The van der Waals surface area contributed by atoms with E-state index in [0.29, 0.717) is 22.4 Å². The molecule has 0 aliphatic heterocycles. The number of fused-ring (bicyclic) bond motifs is 2. The Kier molecular flexibility index (Phi) is 4.03. The van der Waals surface area contributed by atoms with E-state index in [0.717, 1.165) is 12.1 Å². The van der Waals surface area contributed by atoms with Gasteiger partial charge in [-0.25, -0.2) is 23.5 Å². The number of H-pyrrole nitrogens is 3.